The predicted octanol–water partition coefficient (Wildman–Crippen LogP) is 1.50. The maximum absolute atomic E-state index is 9.92. The Labute approximate surface area is 100 Å². The second-order valence-corrected chi connectivity index (χ2v) is 3.87. The third-order valence-electron chi connectivity index (χ3n) is 2.73. The van der Waals surface area contributed by atoms with E-state index in [1.54, 1.807) is 13.3 Å². The molecule has 2 aromatic rings. The van der Waals surface area contributed by atoms with Crippen molar-refractivity contribution in [3.8, 4) is 5.88 Å². The summed E-state index contributed by atoms with van der Waals surface area (Å²) < 4.78 is 5.21. The molecule has 17 heavy (non-hydrogen) atoms. The molecule has 0 bridgehead atoms. The van der Waals surface area contributed by atoms with Crippen LogP contribution in [0.4, 0.5) is 0 Å². The van der Waals surface area contributed by atoms with Gasteiger partial charge >= 0.3 is 0 Å². The van der Waals surface area contributed by atoms with E-state index in [9.17, 15) is 5.11 Å². The van der Waals surface area contributed by atoms with Crippen LogP contribution in [0.5, 0.6) is 5.88 Å². The molecule has 0 fully saturated rings. The van der Waals surface area contributed by atoms with E-state index in [2.05, 4.69) is 10.3 Å². The van der Waals surface area contributed by atoms with Crippen LogP contribution >= 0.6 is 0 Å². The normalized spacial score (nSPS) is 12.6. The summed E-state index contributed by atoms with van der Waals surface area (Å²) in [7, 11) is 3.41. The highest BCUT2D eigenvalue weighted by atomic mass is 16.5. The molecule has 0 spiro atoms. The average molecular weight is 232 g/mol. The van der Waals surface area contributed by atoms with Gasteiger partial charge in [-0.2, -0.15) is 0 Å². The number of methoxy groups -OCH3 is 1. The van der Waals surface area contributed by atoms with E-state index in [-0.39, 0.29) is 0 Å². The van der Waals surface area contributed by atoms with Gasteiger partial charge in [0.15, 0.2) is 0 Å². The van der Waals surface area contributed by atoms with Gasteiger partial charge in [-0.3, -0.25) is 0 Å². The van der Waals surface area contributed by atoms with Crippen molar-refractivity contribution in [1.82, 2.24) is 10.3 Å². The summed E-state index contributed by atoms with van der Waals surface area (Å²) in [4.78, 5) is 4.15. The van der Waals surface area contributed by atoms with Gasteiger partial charge in [-0.15, -0.1) is 0 Å². The van der Waals surface area contributed by atoms with Crippen LogP contribution in [0.1, 0.15) is 11.7 Å². The second-order valence-electron chi connectivity index (χ2n) is 3.87. The highest BCUT2D eigenvalue weighted by Crippen LogP contribution is 2.26. The zero-order chi connectivity index (χ0) is 12.3. The third kappa shape index (κ3) is 2.38. The van der Waals surface area contributed by atoms with E-state index in [0.717, 1.165) is 16.3 Å². The van der Waals surface area contributed by atoms with Crippen molar-refractivity contribution < 1.29 is 9.84 Å². The Balaban J connectivity index is 2.48. The van der Waals surface area contributed by atoms with E-state index in [1.165, 1.54) is 0 Å². The van der Waals surface area contributed by atoms with Crippen LogP contribution in [0.25, 0.3) is 10.8 Å². The fourth-order valence-corrected chi connectivity index (χ4v) is 1.84. The van der Waals surface area contributed by atoms with Crippen LogP contribution in [0, 0.1) is 0 Å². The number of hydrogen-bond acceptors (Lipinski definition) is 4. The number of aromatic nitrogens is 1. The Morgan fingerprint density at radius 1 is 1.41 bits per heavy atom. The molecule has 0 aliphatic carbocycles. The maximum atomic E-state index is 9.92. The highest BCUT2D eigenvalue weighted by Gasteiger charge is 2.09. The molecular weight excluding hydrogens is 216 g/mol. The molecular formula is C13H16N2O2. The summed E-state index contributed by atoms with van der Waals surface area (Å²) in [6, 6.07) is 7.73. The number of aliphatic hydroxyl groups is 1. The molecule has 2 N–H and O–H groups in total. The first kappa shape index (κ1) is 11.8. The molecule has 4 nitrogen and oxygen atoms in total. The summed E-state index contributed by atoms with van der Waals surface area (Å²) in [6.07, 6.45) is 1.19. The van der Waals surface area contributed by atoms with Gasteiger partial charge in [0.25, 0.3) is 0 Å². The van der Waals surface area contributed by atoms with Crippen LogP contribution in [0.15, 0.2) is 30.5 Å². The minimum Gasteiger partial charge on any atom is -0.481 e. The summed E-state index contributed by atoms with van der Waals surface area (Å²) in [5.41, 5.74) is 0.859. The quantitative estimate of drug-likeness (QED) is 0.838. The first-order chi connectivity index (χ1) is 8.26. The summed E-state index contributed by atoms with van der Waals surface area (Å²) in [6.45, 7) is 0.522. The fraction of sp³-hybridized carbons (Fsp3) is 0.308. The zero-order valence-corrected chi connectivity index (χ0v) is 9.97. The van der Waals surface area contributed by atoms with Crippen LogP contribution in [-0.2, 0) is 0 Å². The lowest BCUT2D eigenvalue weighted by atomic mass is 10.0. The highest BCUT2D eigenvalue weighted by molar-refractivity contribution is 5.87. The van der Waals surface area contributed by atoms with E-state index in [1.807, 2.05) is 31.3 Å². The number of hydrogen-bond donors (Lipinski definition) is 2. The first-order valence-electron chi connectivity index (χ1n) is 5.51. The lowest BCUT2D eigenvalue weighted by molar-refractivity contribution is 0.178. The number of benzene rings is 1. The van der Waals surface area contributed by atoms with Crippen LogP contribution in [-0.4, -0.2) is 30.8 Å². The van der Waals surface area contributed by atoms with Gasteiger partial charge in [0.1, 0.15) is 0 Å². The summed E-state index contributed by atoms with van der Waals surface area (Å²) in [5.74, 6) is 0.584. The molecule has 0 aliphatic heterocycles. The summed E-state index contributed by atoms with van der Waals surface area (Å²) in [5, 5.41) is 14.8. The molecule has 4 heteroatoms. The topological polar surface area (TPSA) is 54.4 Å². The second kappa shape index (κ2) is 5.12. The Bertz CT molecular complexity index is 514. The number of pyridine rings is 1. The van der Waals surface area contributed by atoms with Gasteiger partial charge in [-0.05, 0) is 30.1 Å². The zero-order valence-electron chi connectivity index (χ0n) is 9.97. The molecule has 1 heterocycles. The minimum absolute atomic E-state index is 0.519. The van der Waals surface area contributed by atoms with Gasteiger partial charge in [-0.25, -0.2) is 4.98 Å². The van der Waals surface area contributed by atoms with Gasteiger partial charge in [0, 0.05) is 18.1 Å². The van der Waals surface area contributed by atoms with Gasteiger partial charge in [0.05, 0.1) is 13.2 Å². The van der Waals surface area contributed by atoms with E-state index in [4.69, 9.17) is 4.74 Å². The minimum atomic E-state index is -0.519. The lowest BCUT2D eigenvalue weighted by Crippen LogP contribution is -2.16. The van der Waals surface area contributed by atoms with Gasteiger partial charge in [0.2, 0.25) is 5.88 Å². The number of likely N-dealkylation sites (N-methyl/N-ethyl adjacent to an activating group) is 1. The number of nitrogens with one attached hydrogen (secondary N) is 1. The number of fused-ring (bicyclic) bond motifs is 1. The molecule has 2 rings (SSSR count). The van der Waals surface area contributed by atoms with Crippen molar-refractivity contribution in [3.63, 3.8) is 0 Å². The molecule has 0 saturated heterocycles. The molecule has 0 saturated carbocycles. The molecule has 1 aromatic heterocycles. The largest absolute Gasteiger partial charge is 0.481 e. The monoisotopic (exact) mass is 232 g/mol. The number of rotatable bonds is 4. The molecule has 0 amide bonds. The Kier molecular flexibility index (Phi) is 3.56. The molecule has 1 aromatic carbocycles. The third-order valence-corrected chi connectivity index (χ3v) is 2.73. The Morgan fingerprint density at radius 3 is 2.94 bits per heavy atom. The number of aliphatic hydroxyl groups excluding tert-OH is 1. The SMILES string of the molecule is CNCC(O)c1ccc2ccnc(OC)c2c1. The van der Waals surface area contributed by atoms with Crippen LogP contribution < -0.4 is 10.1 Å². The first-order valence-corrected chi connectivity index (χ1v) is 5.51. The smallest absolute Gasteiger partial charge is 0.221 e. The standard InChI is InChI=1S/C13H16N2O2/c1-14-8-12(16)10-4-3-9-5-6-15-13(17-2)11(9)7-10/h3-7,12,14,16H,8H2,1-2H3. The van der Waals surface area contributed by atoms with Crippen LogP contribution in [0.3, 0.4) is 0 Å². The molecule has 1 atom stereocenters. The van der Waals surface area contributed by atoms with Crippen molar-refractivity contribution in [3.05, 3.63) is 36.0 Å². The lowest BCUT2D eigenvalue weighted by Gasteiger charge is -2.12. The molecule has 0 aliphatic rings. The van der Waals surface area contributed by atoms with Crippen molar-refractivity contribution >= 4 is 10.8 Å². The summed E-state index contributed by atoms with van der Waals surface area (Å²) >= 11 is 0. The fourth-order valence-electron chi connectivity index (χ4n) is 1.84. The van der Waals surface area contributed by atoms with Crippen molar-refractivity contribution in [2.45, 2.75) is 6.10 Å². The predicted molar refractivity (Wildman–Crippen MR) is 67.2 cm³/mol. The molecule has 90 valence electrons. The maximum Gasteiger partial charge on any atom is 0.221 e. The van der Waals surface area contributed by atoms with Crippen molar-refractivity contribution in [1.29, 1.82) is 0 Å². The van der Waals surface area contributed by atoms with E-state index < -0.39 is 6.10 Å². The number of ether oxygens (including phenoxy) is 1. The van der Waals surface area contributed by atoms with Crippen LogP contribution in [0.2, 0.25) is 0 Å². The van der Waals surface area contributed by atoms with Gasteiger partial charge in [-0.1, -0.05) is 12.1 Å². The Hall–Kier alpha value is -1.65. The number of nitrogens with zero attached hydrogens (tertiary/aromatic N) is 1. The molecule has 1 unspecified atom stereocenters. The average Bonchev–Trinajstić information content (AvgIpc) is 2.37. The van der Waals surface area contributed by atoms with Crippen molar-refractivity contribution in [2.24, 2.45) is 0 Å². The van der Waals surface area contributed by atoms with E-state index in [0.29, 0.717) is 12.4 Å². The van der Waals surface area contributed by atoms with Gasteiger partial charge < -0.3 is 15.2 Å². The Morgan fingerprint density at radius 2 is 2.24 bits per heavy atom. The van der Waals surface area contributed by atoms with Crippen molar-refractivity contribution in [2.75, 3.05) is 20.7 Å². The van der Waals surface area contributed by atoms with E-state index >= 15 is 0 Å². The molecule has 0 radical (unpaired) electrons.